The second kappa shape index (κ2) is 4.87. The average Bonchev–Trinajstić information content (AvgIpc) is 2.12. The molecule has 0 heterocycles. The van der Waals surface area contributed by atoms with Gasteiger partial charge in [0.25, 0.3) is 0 Å². The largest absolute Gasteiger partial charge is 0.323 e. The number of rotatable bonds is 2. The van der Waals surface area contributed by atoms with Crippen molar-refractivity contribution >= 4 is 46.4 Å². The molecule has 2 nitrogen and oxygen atoms in total. The minimum atomic E-state index is -0.606. The third-order valence-electron chi connectivity index (χ3n) is 1.57. The van der Waals surface area contributed by atoms with Crippen LogP contribution in [-0.2, 0) is 4.79 Å². The van der Waals surface area contributed by atoms with Crippen molar-refractivity contribution in [1.29, 1.82) is 0 Å². The minimum absolute atomic E-state index is 0.309. The molecule has 0 aliphatic rings. The fraction of sp³-hybridized carbons (Fsp3) is 0.222. The van der Waals surface area contributed by atoms with Crippen LogP contribution in [0.5, 0.6) is 0 Å². The van der Waals surface area contributed by atoms with Crippen LogP contribution in [0.1, 0.15) is 6.92 Å². The molecule has 1 aromatic rings. The molecular weight excluding hydrogens is 244 g/mol. The quantitative estimate of drug-likeness (QED) is 0.801. The molecule has 1 N–H and O–H groups in total. The molecule has 1 atom stereocenters. The van der Waals surface area contributed by atoms with Crippen LogP contribution in [0.3, 0.4) is 0 Å². The number of carbonyl (C=O) groups excluding carboxylic acids is 1. The third kappa shape index (κ3) is 2.77. The highest BCUT2D eigenvalue weighted by atomic mass is 35.5. The summed E-state index contributed by atoms with van der Waals surface area (Å²) in [6.07, 6.45) is 0. The summed E-state index contributed by atoms with van der Waals surface area (Å²) in [5.41, 5.74) is 0.469. The first-order valence-electron chi connectivity index (χ1n) is 3.91. The van der Waals surface area contributed by atoms with Gasteiger partial charge in [-0.05, 0) is 19.1 Å². The SMILES string of the molecule is C[C@@H](Cl)C(=O)Nc1cccc(Cl)c1Cl. The van der Waals surface area contributed by atoms with E-state index in [0.717, 1.165) is 0 Å². The third-order valence-corrected chi connectivity index (χ3v) is 2.59. The van der Waals surface area contributed by atoms with Crippen molar-refractivity contribution in [1.82, 2.24) is 0 Å². The van der Waals surface area contributed by atoms with E-state index in [1.807, 2.05) is 0 Å². The highest BCUT2D eigenvalue weighted by Gasteiger charge is 2.11. The van der Waals surface area contributed by atoms with E-state index in [9.17, 15) is 4.79 Å². The number of nitrogens with one attached hydrogen (secondary N) is 1. The summed E-state index contributed by atoms with van der Waals surface area (Å²) >= 11 is 17.2. The van der Waals surface area contributed by atoms with Crippen LogP contribution < -0.4 is 5.32 Å². The molecule has 0 fully saturated rings. The van der Waals surface area contributed by atoms with E-state index in [1.54, 1.807) is 25.1 Å². The van der Waals surface area contributed by atoms with Crippen LogP contribution >= 0.6 is 34.8 Å². The van der Waals surface area contributed by atoms with E-state index >= 15 is 0 Å². The smallest absolute Gasteiger partial charge is 0.242 e. The highest BCUT2D eigenvalue weighted by Crippen LogP contribution is 2.29. The van der Waals surface area contributed by atoms with E-state index < -0.39 is 5.38 Å². The molecule has 1 rings (SSSR count). The van der Waals surface area contributed by atoms with Crippen molar-refractivity contribution in [3.05, 3.63) is 28.2 Å². The second-order valence-electron chi connectivity index (χ2n) is 2.71. The molecule has 1 aromatic carbocycles. The molecule has 0 radical (unpaired) electrons. The molecular formula is C9H8Cl3NO. The maximum atomic E-state index is 11.2. The Morgan fingerprint density at radius 1 is 1.43 bits per heavy atom. The molecule has 0 unspecified atom stereocenters. The Balaban J connectivity index is 2.87. The summed E-state index contributed by atoms with van der Waals surface area (Å²) in [5, 5.41) is 2.67. The zero-order valence-electron chi connectivity index (χ0n) is 7.35. The van der Waals surface area contributed by atoms with E-state index in [4.69, 9.17) is 34.8 Å². The molecule has 0 saturated carbocycles. The van der Waals surface area contributed by atoms with Gasteiger partial charge >= 0.3 is 0 Å². The fourth-order valence-corrected chi connectivity index (χ4v) is 1.23. The molecule has 5 heteroatoms. The Hall–Kier alpha value is -0.440. The topological polar surface area (TPSA) is 29.1 Å². The Morgan fingerprint density at radius 2 is 2.07 bits per heavy atom. The van der Waals surface area contributed by atoms with E-state index in [-0.39, 0.29) is 5.91 Å². The standard InChI is InChI=1S/C9H8Cl3NO/c1-5(10)9(14)13-7-4-2-3-6(11)8(7)12/h2-5H,1H3,(H,13,14)/t5-/m1/s1. The van der Waals surface area contributed by atoms with Gasteiger partial charge in [-0.1, -0.05) is 29.3 Å². The van der Waals surface area contributed by atoms with Gasteiger partial charge in [0.1, 0.15) is 5.38 Å². The van der Waals surface area contributed by atoms with Gasteiger partial charge in [0.05, 0.1) is 15.7 Å². The number of amides is 1. The van der Waals surface area contributed by atoms with Gasteiger partial charge in [-0.2, -0.15) is 0 Å². The predicted molar refractivity (Wildman–Crippen MR) is 60.4 cm³/mol. The number of anilines is 1. The molecule has 0 aliphatic heterocycles. The van der Waals surface area contributed by atoms with E-state index in [0.29, 0.717) is 15.7 Å². The maximum Gasteiger partial charge on any atom is 0.242 e. The van der Waals surface area contributed by atoms with E-state index in [2.05, 4.69) is 5.32 Å². The first kappa shape index (κ1) is 11.6. The summed E-state index contributed by atoms with van der Waals surface area (Å²) in [6.45, 7) is 1.58. The van der Waals surface area contributed by atoms with Gasteiger partial charge in [0.2, 0.25) is 5.91 Å². The number of alkyl halides is 1. The highest BCUT2D eigenvalue weighted by molar-refractivity contribution is 6.44. The monoisotopic (exact) mass is 251 g/mol. The van der Waals surface area contributed by atoms with Gasteiger partial charge in [0.15, 0.2) is 0 Å². The zero-order valence-corrected chi connectivity index (χ0v) is 9.62. The van der Waals surface area contributed by atoms with Crippen molar-refractivity contribution in [2.75, 3.05) is 5.32 Å². The lowest BCUT2D eigenvalue weighted by molar-refractivity contribution is -0.115. The van der Waals surface area contributed by atoms with Crippen molar-refractivity contribution in [2.45, 2.75) is 12.3 Å². The molecule has 14 heavy (non-hydrogen) atoms. The molecule has 1 amide bonds. The fourth-order valence-electron chi connectivity index (χ4n) is 0.833. The average molecular weight is 253 g/mol. The summed E-state index contributed by atoms with van der Waals surface area (Å²) in [6, 6.07) is 5.00. The van der Waals surface area contributed by atoms with Gasteiger partial charge in [-0.15, -0.1) is 11.6 Å². The normalized spacial score (nSPS) is 12.3. The molecule has 0 aromatic heterocycles. The Kier molecular flexibility index (Phi) is 4.05. The number of carbonyl (C=O) groups is 1. The Morgan fingerprint density at radius 3 is 2.64 bits per heavy atom. The van der Waals surface area contributed by atoms with Crippen molar-refractivity contribution in [2.24, 2.45) is 0 Å². The van der Waals surface area contributed by atoms with Crippen LogP contribution in [0.15, 0.2) is 18.2 Å². The maximum absolute atomic E-state index is 11.2. The predicted octanol–water partition coefficient (Wildman–Crippen LogP) is 3.56. The molecule has 76 valence electrons. The van der Waals surface area contributed by atoms with Crippen LogP contribution in [0.25, 0.3) is 0 Å². The first-order valence-corrected chi connectivity index (χ1v) is 5.10. The van der Waals surface area contributed by atoms with Crippen molar-refractivity contribution in [3.63, 3.8) is 0 Å². The van der Waals surface area contributed by atoms with Crippen LogP contribution in [0.2, 0.25) is 10.0 Å². The van der Waals surface area contributed by atoms with Gasteiger partial charge in [-0.25, -0.2) is 0 Å². The Labute approximate surface area is 97.1 Å². The zero-order chi connectivity index (χ0) is 10.7. The lowest BCUT2D eigenvalue weighted by atomic mass is 10.3. The van der Waals surface area contributed by atoms with Gasteiger partial charge < -0.3 is 5.32 Å². The molecule has 0 spiro atoms. The number of hydrogen-bond acceptors (Lipinski definition) is 1. The lowest BCUT2D eigenvalue weighted by Crippen LogP contribution is -2.20. The number of benzene rings is 1. The van der Waals surface area contributed by atoms with Crippen LogP contribution in [0.4, 0.5) is 5.69 Å². The van der Waals surface area contributed by atoms with Gasteiger partial charge in [0, 0.05) is 0 Å². The molecule has 0 bridgehead atoms. The first-order chi connectivity index (χ1) is 6.52. The summed E-state index contributed by atoms with van der Waals surface area (Å²) < 4.78 is 0. The number of hydrogen-bond donors (Lipinski definition) is 1. The summed E-state index contributed by atoms with van der Waals surface area (Å²) in [7, 11) is 0. The number of halogens is 3. The van der Waals surface area contributed by atoms with Gasteiger partial charge in [-0.3, -0.25) is 4.79 Å². The Bertz CT molecular complexity index is 352. The minimum Gasteiger partial charge on any atom is -0.323 e. The van der Waals surface area contributed by atoms with Crippen LogP contribution in [0, 0.1) is 0 Å². The summed E-state index contributed by atoms with van der Waals surface area (Å²) in [4.78, 5) is 11.2. The molecule has 0 aliphatic carbocycles. The second-order valence-corrected chi connectivity index (χ2v) is 4.15. The van der Waals surface area contributed by atoms with E-state index in [1.165, 1.54) is 0 Å². The van der Waals surface area contributed by atoms with Crippen LogP contribution in [-0.4, -0.2) is 11.3 Å². The van der Waals surface area contributed by atoms with Crippen molar-refractivity contribution < 1.29 is 4.79 Å². The molecule has 0 saturated heterocycles. The lowest BCUT2D eigenvalue weighted by Gasteiger charge is -2.08. The summed E-state index contributed by atoms with van der Waals surface area (Å²) in [5.74, 6) is -0.309. The van der Waals surface area contributed by atoms with Crippen molar-refractivity contribution in [3.8, 4) is 0 Å².